The molecule has 0 aliphatic carbocycles. The van der Waals surface area contributed by atoms with E-state index in [4.69, 9.17) is 4.74 Å². The molecule has 0 heterocycles. The number of benzene rings is 2. The Balaban J connectivity index is 2.17. The van der Waals surface area contributed by atoms with Crippen molar-refractivity contribution >= 4 is 21.6 Å². The number of carbonyl (C=O) groups is 1. The van der Waals surface area contributed by atoms with Gasteiger partial charge in [-0.3, -0.25) is 9.10 Å². The lowest BCUT2D eigenvalue weighted by atomic mass is 9.95. The molecule has 146 valence electrons. The third-order valence-electron chi connectivity index (χ3n) is 4.01. The number of amides is 1. The maximum atomic E-state index is 12.6. The normalized spacial score (nSPS) is 11.7. The highest BCUT2D eigenvalue weighted by Gasteiger charge is 2.27. The van der Waals surface area contributed by atoms with Gasteiger partial charge in [-0.05, 0) is 38.0 Å². The molecule has 0 atom stereocenters. The molecule has 2 aromatic rings. The summed E-state index contributed by atoms with van der Waals surface area (Å²) < 4.78 is 30.9. The van der Waals surface area contributed by atoms with Crippen molar-refractivity contribution in [3.63, 3.8) is 0 Å². The number of methoxy groups -OCH3 is 1. The smallest absolute Gasteiger partial charge is 0.241 e. The number of hydrogen-bond acceptors (Lipinski definition) is 4. The van der Waals surface area contributed by atoms with Gasteiger partial charge >= 0.3 is 0 Å². The second-order valence-electron chi connectivity index (χ2n) is 7.04. The van der Waals surface area contributed by atoms with Crippen molar-refractivity contribution in [2.45, 2.75) is 25.8 Å². The Morgan fingerprint density at radius 1 is 1.07 bits per heavy atom. The first-order valence-electron chi connectivity index (χ1n) is 8.58. The Kier molecular flexibility index (Phi) is 6.49. The van der Waals surface area contributed by atoms with Crippen molar-refractivity contribution in [3.05, 3.63) is 60.2 Å². The Hall–Kier alpha value is -2.54. The largest absolute Gasteiger partial charge is 0.495 e. The average Bonchev–Trinajstić information content (AvgIpc) is 2.58. The minimum absolute atomic E-state index is 0.322. The van der Waals surface area contributed by atoms with E-state index in [2.05, 4.69) is 5.32 Å². The molecule has 0 saturated carbocycles. The summed E-state index contributed by atoms with van der Waals surface area (Å²) in [6.07, 6.45) is 1.70. The fourth-order valence-corrected chi connectivity index (χ4v) is 3.77. The lowest BCUT2D eigenvalue weighted by Gasteiger charge is -2.29. The molecule has 1 amide bonds. The van der Waals surface area contributed by atoms with Crippen molar-refractivity contribution in [1.82, 2.24) is 5.32 Å². The van der Waals surface area contributed by atoms with Gasteiger partial charge < -0.3 is 10.1 Å². The van der Waals surface area contributed by atoms with Gasteiger partial charge in [0.05, 0.1) is 19.1 Å². The highest BCUT2D eigenvalue weighted by molar-refractivity contribution is 7.92. The molecule has 0 radical (unpaired) electrons. The summed E-state index contributed by atoms with van der Waals surface area (Å²) in [6, 6.07) is 16.5. The predicted octanol–water partition coefficient (Wildman–Crippen LogP) is 2.60. The van der Waals surface area contributed by atoms with Crippen LogP contribution in [0.5, 0.6) is 5.75 Å². The van der Waals surface area contributed by atoms with Gasteiger partial charge in [-0.25, -0.2) is 8.42 Å². The number of nitrogens with zero attached hydrogens (tertiary/aromatic N) is 1. The minimum atomic E-state index is -3.67. The molecule has 0 spiro atoms. The van der Waals surface area contributed by atoms with Crippen LogP contribution in [-0.4, -0.2) is 39.8 Å². The third-order valence-corrected chi connectivity index (χ3v) is 5.13. The molecule has 0 saturated heterocycles. The van der Waals surface area contributed by atoms with Gasteiger partial charge in [0.15, 0.2) is 0 Å². The van der Waals surface area contributed by atoms with Gasteiger partial charge in [-0.15, -0.1) is 0 Å². The maximum Gasteiger partial charge on any atom is 0.241 e. The highest BCUT2D eigenvalue weighted by Crippen LogP contribution is 2.29. The molecule has 0 aliphatic rings. The summed E-state index contributed by atoms with van der Waals surface area (Å²) >= 11 is 0. The molecule has 27 heavy (non-hydrogen) atoms. The van der Waals surface area contributed by atoms with Crippen LogP contribution in [0, 0.1) is 0 Å². The molecule has 1 N–H and O–H groups in total. The Labute approximate surface area is 161 Å². The lowest BCUT2D eigenvalue weighted by molar-refractivity contribution is -0.121. The van der Waals surface area contributed by atoms with E-state index in [0.717, 1.165) is 16.1 Å². The second-order valence-corrected chi connectivity index (χ2v) is 8.94. The summed E-state index contributed by atoms with van der Waals surface area (Å²) in [4.78, 5) is 12.6. The molecular formula is C20H26N2O4S. The number of rotatable bonds is 8. The Bertz CT molecular complexity index is 880. The van der Waals surface area contributed by atoms with Gasteiger partial charge in [0.1, 0.15) is 12.3 Å². The number of hydrogen-bond donors (Lipinski definition) is 1. The first kappa shape index (κ1) is 20.8. The van der Waals surface area contributed by atoms with Gasteiger partial charge in [-0.2, -0.15) is 0 Å². The molecule has 7 heteroatoms. The van der Waals surface area contributed by atoms with Crippen LogP contribution >= 0.6 is 0 Å². The Morgan fingerprint density at radius 2 is 1.67 bits per heavy atom. The zero-order valence-electron chi connectivity index (χ0n) is 16.1. The van der Waals surface area contributed by atoms with E-state index in [-0.39, 0.29) is 12.5 Å². The van der Waals surface area contributed by atoms with Crippen LogP contribution in [0.25, 0.3) is 0 Å². The van der Waals surface area contributed by atoms with Crippen LogP contribution in [0.2, 0.25) is 0 Å². The number of ether oxygens (including phenoxy) is 1. The molecular weight excluding hydrogens is 364 g/mol. The number of carbonyl (C=O) groups excluding carboxylic acids is 1. The van der Waals surface area contributed by atoms with E-state index >= 15 is 0 Å². The number of sulfonamides is 1. The van der Waals surface area contributed by atoms with Crippen LogP contribution in [-0.2, 0) is 21.2 Å². The maximum absolute atomic E-state index is 12.6. The fraction of sp³-hybridized carbons (Fsp3) is 0.350. The lowest BCUT2D eigenvalue weighted by Crippen LogP contribution is -2.50. The topological polar surface area (TPSA) is 75.7 Å². The van der Waals surface area contributed by atoms with Gasteiger partial charge in [0.2, 0.25) is 15.9 Å². The number of anilines is 1. The zero-order valence-corrected chi connectivity index (χ0v) is 16.9. The fourth-order valence-electron chi connectivity index (χ4n) is 2.91. The van der Waals surface area contributed by atoms with E-state index < -0.39 is 15.6 Å². The summed E-state index contributed by atoms with van der Waals surface area (Å²) in [5.74, 6) is 0.00605. The van der Waals surface area contributed by atoms with Crippen molar-refractivity contribution in [2.75, 3.05) is 24.2 Å². The van der Waals surface area contributed by atoms with Crippen LogP contribution < -0.4 is 14.4 Å². The monoisotopic (exact) mass is 390 g/mol. The first-order valence-corrected chi connectivity index (χ1v) is 10.4. The molecule has 0 aliphatic heterocycles. The molecule has 2 rings (SSSR count). The van der Waals surface area contributed by atoms with E-state index in [1.54, 1.807) is 24.3 Å². The molecule has 0 fully saturated rings. The summed E-state index contributed by atoms with van der Waals surface area (Å²) in [6.45, 7) is 3.50. The predicted molar refractivity (Wildman–Crippen MR) is 108 cm³/mol. The van der Waals surface area contributed by atoms with E-state index in [1.807, 2.05) is 44.2 Å². The van der Waals surface area contributed by atoms with Gasteiger partial charge in [0, 0.05) is 5.54 Å². The Morgan fingerprint density at radius 3 is 2.26 bits per heavy atom. The SMILES string of the molecule is COc1ccccc1N(CC(=O)NC(C)(C)Cc1ccccc1)S(C)(=O)=O. The molecule has 2 aromatic carbocycles. The molecule has 0 aromatic heterocycles. The van der Waals surface area contributed by atoms with Crippen LogP contribution in [0.1, 0.15) is 19.4 Å². The molecule has 0 bridgehead atoms. The quantitative estimate of drug-likeness (QED) is 0.752. The van der Waals surface area contributed by atoms with Crippen molar-refractivity contribution in [2.24, 2.45) is 0 Å². The standard InChI is InChI=1S/C20H26N2O4S/c1-20(2,14-16-10-6-5-7-11-16)21-19(23)15-22(27(4,24)25)17-12-8-9-13-18(17)26-3/h5-13H,14-15H2,1-4H3,(H,21,23). The van der Waals surface area contributed by atoms with Crippen LogP contribution in [0.15, 0.2) is 54.6 Å². The van der Waals surface area contributed by atoms with E-state index in [9.17, 15) is 13.2 Å². The van der Waals surface area contributed by atoms with Crippen LogP contribution in [0.4, 0.5) is 5.69 Å². The van der Waals surface area contributed by atoms with Gasteiger partial charge in [0.25, 0.3) is 0 Å². The number of para-hydroxylation sites is 2. The van der Waals surface area contributed by atoms with Crippen molar-refractivity contribution < 1.29 is 17.9 Å². The molecule has 6 nitrogen and oxygen atoms in total. The molecule has 0 unspecified atom stereocenters. The average molecular weight is 391 g/mol. The first-order chi connectivity index (χ1) is 12.6. The highest BCUT2D eigenvalue weighted by atomic mass is 32.2. The minimum Gasteiger partial charge on any atom is -0.495 e. The van der Waals surface area contributed by atoms with Gasteiger partial charge in [-0.1, -0.05) is 42.5 Å². The van der Waals surface area contributed by atoms with E-state index in [0.29, 0.717) is 17.9 Å². The third kappa shape index (κ3) is 5.99. The van der Waals surface area contributed by atoms with Crippen molar-refractivity contribution in [1.29, 1.82) is 0 Å². The summed E-state index contributed by atoms with van der Waals surface area (Å²) in [5.41, 5.74) is 0.897. The van der Waals surface area contributed by atoms with E-state index in [1.165, 1.54) is 7.11 Å². The summed E-state index contributed by atoms with van der Waals surface area (Å²) in [5, 5.41) is 2.93. The second kappa shape index (κ2) is 8.43. The zero-order chi connectivity index (χ0) is 20.1. The number of nitrogens with one attached hydrogen (secondary N) is 1. The van der Waals surface area contributed by atoms with Crippen LogP contribution in [0.3, 0.4) is 0 Å². The van der Waals surface area contributed by atoms with Crippen molar-refractivity contribution in [3.8, 4) is 5.75 Å². The summed E-state index contributed by atoms with van der Waals surface area (Å²) in [7, 11) is -2.21.